The number of hydrogen-bond acceptors (Lipinski definition) is 10. The van der Waals surface area contributed by atoms with Crippen LogP contribution in [-0.2, 0) is 12.8 Å². The number of phenolic OH excluding ortho intramolecular Hbond substituents is 1. The second kappa shape index (κ2) is 20.1. The number of aromatic nitrogens is 2. The smallest absolute Gasteiger partial charge is 0.369 e. The highest BCUT2D eigenvalue weighted by Crippen LogP contribution is 2.42. The summed E-state index contributed by atoms with van der Waals surface area (Å²) in [5, 5.41) is 32.2. The number of benzene rings is 2. The van der Waals surface area contributed by atoms with Crippen molar-refractivity contribution in [1.29, 1.82) is 0 Å². The van der Waals surface area contributed by atoms with E-state index in [9.17, 15) is 15.3 Å². The molecular formula is C32H40BBr3Cl2N4O4S2. The molecule has 0 saturated heterocycles. The van der Waals surface area contributed by atoms with Gasteiger partial charge in [0.25, 0.3) is 0 Å². The van der Waals surface area contributed by atoms with Crippen molar-refractivity contribution in [1.82, 2.24) is 9.97 Å². The molecule has 3 N–H and O–H groups in total. The first-order chi connectivity index (χ1) is 22.8. The highest BCUT2D eigenvalue weighted by Gasteiger charge is 2.25. The third-order valence-corrected chi connectivity index (χ3v) is 9.97. The predicted octanol–water partition coefficient (Wildman–Crippen LogP) is 9.78. The number of aryl methyl sites for hydroxylation is 2. The minimum atomic E-state index is -0.395. The Morgan fingerprint density at radius 1 is 0.812 bits per heavy atom. The SMILES string of the molecule is BrB(Br)Br.CN(C)c1ccc(-c2nc3c(s2)C(O)CCC3)c(O)c1.COc1cc(N(C)C)ccc1-c1nc2c(s1)C(O)CCC2.ClCCl. The average Bonchev–Trinajstić information content (AvgIpc) is 3.67. The average molecular weight is 930 g/mol. The van der Waals surface area contributed by atoms with Crippen LogP contribution in [0.2, 0.25) is 0 Å². The predicted molar refractivity (Wildman–Crippen MR) is 217 cm³/mol. The number of hydrogen-bond donors (Lipinski definition) is 3. The van der Waals surface area contributed by atoms with Crippen LogP contribution in [0.25, 0.3) is 21.1 Å². The van der Waals surface area contributed by atoms with Crippen molar-refractivity contribution in [2.45, 2.75) is 50.7 Å². The fourth-order valence-corrected chi connectivity index (χ4v) is 7.47. The first-order valence-corrected chi connectivity index (χ1v) is 20.5. The molecule has 0 amide bonds. The Labute approximate surface area is 326 Å². The van der Waals surface area contributed by atoms with Gasteiger partial charge in [-0.25, -0.2) is 9.97 Å². The molecule has 4 aromatic rings. The van der Waals surface area contributed by atoms with E-state index in [1.165, 1.54) is 11.3 Å². The van der Waals surface area contributed by atoms with Gasteiger partial charge in [0.1, 0.15) is 21.5 Å². The number of thiazole rings is 2. The standard InChI is InChI=1S/C16H20N2O2S.C15H18N2O2S.CH2Cl2.BBr3/c1-18(2)10-7-8-11(14(9-10)20-3)16-17-12-5-4-6-13(19)15(12)21-16;1-17(2)9-6-7-10(13(19)8-9)15-16-11-4-3-5-12(18)14(11)20-15;2-1-3;2-1(3)4/h7-9,13,19H,4-6H2,1-3H3;6-8,12,18-19H,3-5H2,1-2H3;1H2;. The summed E-state index contributed by atoms with van der Waals surface area (Å²) in [6.07, 6.45) is 4.75. The van der Waals surface area contributed by atoms with Gasteiger partial charge in [-0.3, -0.25) is 0 Å². The molecule has 0 radical (unpaired) electrons. The number of methoxy groups -OCH3 is 1. The Hall–Kier alpha value is -1.10. The molecular weight excluding hydrogens is 890 g/mol. The summed E-state index contributed by atoms with van der Waals surface area (Å²) in [5.74, 6) is 1.05. The Bertz CT molecular complexity index is 1610. The molecule has 2 aliphatic carbocycles. The van der Waals surface area contributed by atoms with Gasteiger partial charge in [0.15, 0.2) is 0 Å². The summed E-state index contributed by atoms with van der Waals surface area (Å²) < 4.78 is 5.80. The number of aliphatic hydroxyl groups is 2. The third-order valence-electron chi connectivity index (χ3n) is 7.50. The van der Waals surface area contributed by atoms with E-state index < -0.39 is 6.10 Å². The quantitative estimate of drug-likeness (QED) is 0.134. The first-order valence-electron chi connectivity index (χ1n) is 15.1. The van der Waals surface area contributed by atoms with Gasteiger partial charge in [0, 0.05) is 51.7 Å². The molecule has 2 atom stereocenters. The molecule has 0 fully saturated rings. The highest BCUT2D eigenvalue weighted by atomic mass is 79.9. The number of nitrogens with zero attached hydrogens (tertiary/aromatic N) is 4. The largest absolute Gasteiger partial charge is 0.507 e. The van der Waals surface area contributed by atoms with Crippen molar-refractivity contribution >= 4 is 108 Å². The van der Waals surface area contributed by atoms with E-state index in [4.69, 9.17) is 32.9 Å². The maximum absolute atomic E-state index is 10.2. The minimum Gasteiger partial charge on any atom is -0.507 e. The van der Waals surface area contributed by atoms with E-state index in [1.807, 2.05) is 62.3 Å². The third kappa shape index (κ3) is 11.5. The summed E-state index contributed by atoms with van der Waals surface area (Å²) >= 11 is 21.9. The van der Waals surface area contributed by atoms with Crippen molar-refractivity contribution in [3.8, 4) is 32.6 Å². The second-order valence-electron chi connectivity index (χ2n) is 11.2. The molecule has 0 spiro atoms. The van der Waals surface area contributed by atoms with Crippen molar-refractivity contribution in [3.05, 3.63) is 57.5 Å². The summed E-state index contributed by atoms with van der Waals surface area (Å²) in [5.41, 5.74) is 5.81. The molecule has 2 aliphatic rings. The van der Waals surface area contributed by atoms with E-state index in [0.29, 0.717) is 0 Å². The fraction of sp³-hybridized carbons (Fsp3) is 0.438. The normalized spacial score (nSPS) is 16.0. The van der Waals surface area contributed by atoms with Gasteiger partial charge in [0.05, 0.1) is 56.9 Å². The van der Waals surface area contributed by atoms with Crippen LogP contribution in [0.15, 0.2) is 36.4 Å². The van der Waals surface area contributed by atoms with Crippen LogP contribution in [0.3, 0.4) is 0 Å². The summed E-state index contributed by atoms with van der Waals surface area (Å²) in [4.78, 5) is 15.3. The maximum Gasteiger partial charge on any atom is 0.369 e. The van der Waals surface area contributed by atoms with Gasteiger partial charge in [-0.1, -0.05) is 0 Å². The van der Waals surface area contributed by atoms with E-state index in [1.54, 1.807) is 24.5 Å². The van der Waals surface area contributed by atoms with Gasteiger partial charge in [-0.15, -0.1) is 93.1 Å². The number of fused-ring (bicyclic) bond motifs is 2. The maximum atomic E-state index is 10.2. The first kappa shape index (κ1) is 41.3. The molecule has 0 saturated carbocycles. The molecule has 2 aromatic heterocycles. The van der Waals surface area contributed by atoms with E-state index >= 15 is 0 Å². The minimum absolute atomic E-state index is 0.194. The number of ether oxygens (including phenoxy) is 1. The van der Waals surface area contributed by atoms with E-state index in [2.05, 4.69) is 58.3 Å². The van der Waals surface area contributed by atoms with Crippen molar-refractivity contribution in [2.75, 3.05) is 50.4 Å². The molecule has 0 bridgehead atoms. The monoisotopic (exact) mass is 926 g/mol. The van der Waals surface area contributed by atoms with Gasteiger partial charge in [-0.2, -0.15) is 0 Å². The number of aliphatic hydroxyl groups excluding tert-OH is 2. The van der Waals surface area contributed by atoms with Crippen LogP contribution in [0.4, 0.5) is 11.4 Å². The Kier molecular flexibility index (Phi) is 17.3. The molecule has 262 valence electrons. The number of halogens is 5. The van der Waals surface area contributed by atoms with E-state index in [0.717, 1.165) is 97.9 Å². The van der Waals surface area contributed by atoms with Crippen LogP contribution >= 0.6 is 93.1 Å². The van der Waals surface area contributed by atoms with Crippen LogP contribution in [0, 0.1) is 0 Å². The Morgan fingerprint density at radius 3 is 1.62 bits per heavy atom. The van der Waals surface area contributed by atoms with Crippen molar-refractivity contribution in [2.24, 2.45) is 0 Å². The lowest BCUT2D eigenvalue weighted by atomic mass is 10.0. The van der Waals surface area contributed by atoms with Crippen LogP contribution in [-0.4, -0.2) is 69.1 Å². The van der Waals surface area contributed by atoms with Gasteiger partial charge in [0.2, 0.25) is 0 Å². The molecule has 0 aliphatic heterocycles. The Balaban J connectivity index is 0.000000219. The summed E-state index contributed by atoms with van der Waals surface area (Å²) in [7, 11) is 9.57. The number of aromatic hydroxyl groups is 1. The van der Waals surface area contributed by atoms with Crippen molar-refractivity contribution in [3.63, 3.8) is 0 Å². The molecule has 2 unspecified atom stereocenters. The Morgan fingerprint density at radius 2 is 1.23 bits per heavy atom. The molecule has 2 heterocycles. The molecule has 8 nitrogen and oxygen atoms in total. The number of phenols is 1. The van der Waals surface area contributed by atoms with E-state index in [-0.39, 0.29) is 20.4 Å². The van der Waals surface area contributed by atoms with Crippen LogP contribution in [0.5, 0.6) is 11.5 Å². The van der Waals surface area contributed by atoms with Gasteiger partial charge < -0.3 is 29.9 Å². The lowest BCUT2D eigenvalue weighted by Crippen LogP contribution is -2.08. The molecule has 6 rings (SSSR count). The van der Waals surface area contributed by atoms with Gasteiger partial charge >= 0.3 is 3.18 Å². The number of rotatable bonds is 5. The lowest BCUT2D eigenvalue weighted by Gasteiger charge is -2.15. The highest BCUT2D eigenvalue weighted by molar-refractivity contribution is 9.69. The van der Waals surface area contributed by atoms with Gasteiger partial charge in [-0.05, 0) is 62.8 Å². The van der Waals surface area contributed by atoms with Crippen LogP contribution < -0.4 is 14.5 Å². The van der Waals surface area contributed by atoms with Crippen LogP contribution in [0.1, 0.15) is 59.0 Å². The zero-order valence-corrected chi connectivity index (χ0v) is 35.3. The summed E-state index contributed by atoms with van der Waals surface area (Å²) in [6.45, 7) is 0. The fourth-order valence-electron chi connectivity index (χ4n) is 5.14. The zero-order chi connectivity index (χ0) is 35.5. The topological polar surface area (TPSA) is 102 Å². The molecule has 16 heteroatoms. The number of anilines is 2. The molecule has 48 heavy (non-hydrogen) atoms. The lowest BCUT2D eigenvalue weighted by molar-refractivity contribution is 0.159. The zero-order valence-electron chi connectivity index (χ0n) is 27.4. The molecule has 2 aromatic carbocycles. The van der Waals surface area contributed by atoms with Crippen molar-refractivity contribution < 1.29 is 20.1 Å². The second-order valence-corrected chi connectivity index (χ2v) is 20.5. The summed E-state index contributed by atoms with van der Waals surface area (Å²) in [6, 6.07) is 11.7. The number of alkyl halides is 2.